The molecule has 0 atom stereocenters. The highest BCUT2D eigenvalue weighted by molar-refractivity contribution is 5.96. The third-order valence-corrected chi connectivity index (χ3v) is 4.04. The summed E-state index contributed by atoms with van der Waals surface area (Å²) in [6.45, 7) is 4.02. The average molecular weight is 351 g/mol. The zero-order chi connectivity index (χ0) is 18.1. The lowest BCUT2D eigenvalue weighted by atomic mass is 10.2. The molecule has 3 aromatic heterocycles. The number of aromatic nitrogens is 2. The van der Waals surface area contributed by atoms with E-state index in [1.165, 1.54) is 6.26 Å². The van der Waals surface area contributed by atoms with Gasteiger partial charge >= 0.3 is 0 Å². The van der Waals surface area contributed by atoms with Gasteiger partial charge in [-0.1, -0.05) is 23.4 Å². The van der Waals surface area contributed by atoms with Gasteiger partial charge in [-0.3, -0.25) is 4.79 Å². The van der Waals surface area contributed by atoms with Crippen LogP contribution in [0, 0.1) is 0 Å². The van der Waals surface area contributed by atoms with Crippen LogP contribution in [0.4, 0.5) is 0 Å². The Hall–Kier alpha value is -3.35. The SMILES string of the molecule is CC(C)N(Cc1nc(-c2ccco2)no1)C(=O)c1cc2ccccc2o1. The van der Waals surface area contributed by atoms with E-state index < -0.39 is 0 Å². The molecule has 0 aliphatic heterocycles. The number of benzene rings is 1. The van der Waals surface area contributed by atoms with Gasteiger partial charge in [-0.05, 0) is 38.1 Å². The van der Waals surface area contributed by atoms with E-state index in [1.807, 2.05) is 38.1 Å². The normalized spacial score (nSPS) is 11.3. The fourth-order valence-corrected chi connectivity index (χ4v) is 2.69. The molecule has 0 aliphatic carbocycles. The summed E-state index contributed by atoms with van der Waals surface area (Å²) in [4.78, 5) is 18.8. The molecule has 0 aliphatic rings. The summed E-state index contributed by atoms with van der Waals surface area (Å²) in [5.74, 6) is 1.25. The van der Waals surface area contributed by atoms with Crippen molar-refractivity contribution in [3.8, 4) is 11.6 Å². The summed E-state index contributed by atoms with van der Waals surface area (Å²) in [6, 6.07) is 12.7. The van der Waals surface area contributed by atoms with Crippen molar-refractivity contribution in [1.82, 2.24) is 15.0 Å². The first kappa shape index (κ1) is 16.1. The van der Waals surface area contributed by atoms with Gasteiger partial charge in [0.2, 0.25) is 11.7 Å². The largest absolute Gasteiger partial charge is 0.461 e. The molecule has 7 nitrogen and oxygen atoms in total. The van der Waals surface area contributed by atoms with Crippen LogP contribution in [0.25, 0.3) is 22.6 Å². The summed E-state index contributed by atoms with van der Waals surface area (Å²) in [5.41, 5.74) is 0.678. The minimum absolute atomic E-state index is 0.0744. The molecule has 4 aromatic rings. The van der Waals surface area contributed by atoms with E-state index in [4.69, 9.17) is 13.4 Å². The molecule has 0 unspecified atom stereocenters. The number of rotatable bonds is 5. The Kier molecular flexibility index (Phi) is 4.04. The van der Waals surface area contributed by atoms with Gasteiger partial charge in [0.25, 0.3) is 5.91 Å². The van der Waals surface area contributed by atoms with Crippen LogP contribution in [0.1, 0.15) is 30.3 Å². The molecule has 3 heterocycles. The first-order valence-electron chi connectivity index (χ1n) is 8.28. The minimum Gasteiger partial charge on any atom is -0.461 e. The Bertz CT molecular complexity index is 997. The molecule has 0 N–H and O–H groups in total. The Morgan fingerprint density at radius 2 is 2.04 bits per heavy atom. The minimum atomic E-state index is -0.228. The lowest BCUT2D eigenvalue weighted by molar-refractivity contribution is 0.0637. The maximum absolute atomic E-state index is 12.9. The van der Waals surface area contributed by atoms with Crippen molar-refractivity contribution in [2.75, 3.05) is 0 Å². The van der Waals surface area contributed by atoms with Gasteiger partial charge in [-0.25, -0.2) is 0 Å². The van der Waals surface area contributed by atoms with Gasteiger partial charge in [0.15, 0.2) is 11.5 Å². The van der Waals surface area contributed by atoms with Gasteiger partial charge in [-0.15, -0.1) is 0 Å². The van der Waals surface area contributed by atoms with Crippen molar-refractivity contribution in [3.63, 3.8) is 0 Å². The molecular weight excluding hydrogens is 334 g/mol. The van der Waals surface area contributed by atoms with Gasteiger partial charge in [0, 0.05) is 11.4 Å². The molecule has 0 radical (unpaired) electrons. The highest BCUT2D eigenvalue weighted by atomic mass is 16.5. The van der Waals surface area contributed by atoms with E-state index in [0.717, 1.165) is 5.39 Å². The molecule has 0 saturated heterocycles. The molecule has 1 amide bonds. The second-order valence-corrected chi connectivity index (χ2v) is 6.16. The van der Waals surface area contributed by atoms with Crippen LogP contribution in [0.3, 0.4) is 0 Å². The summed E-state index contributed by atoms with van der Waals surface area (Å²) < 4.78 is 16.2. The highest BCUT2D eigenvalue weighted by Gasteiger charge is 2.25. The van der Waals surface area contributed by atoms with Crippen LogP contribution in [-0.4, -0.2) is 27.0 Å². The maximum Gasteiger partial charge on any atom is 0.290 e. The van der Waals surface area contributed by atoms with Crippen molar-refractivity contribution >= 4 is 16.9 Å². The summed E-state index contributed by atoms with van der Waals surface area (Å²) in [5, 5.41) is 4.78. The van der Waals surface area contributed by atoms with Crippen molar-refractivity contribution in [2.45, 2.75) is 26.4 Å². The fraction of sp³-hybridized carbons (Fsp3) is 0.211. The smallest absolute Gasteiger partial charge is 0.290 e. The Morgan fingerprint density at radius 3 is 2.77 bits per heavy atom. The van der Waals surface area contributed by atoms with Crippen molar-refractivity contribution in [2.24, 2.45) is 0 Å². The highest BCUT2D eigenvalue weighted by Crippen LogP contribution is 2.22. The Balaban J connectivity index is 1.58. The topological polar surface area (TPSA) is 85.5 Å². The second-order valence-electron chi connectivity index (χ2n) is 6.16. The van der Waals surface area contributed by atoms with Gasteiger partial charge < -0.3 is 18.3 Å². The standard InChI is InChI=1S/C19H17N3O4/c1-12(2)22(11-17-20-18(21-26-17)15-8-5-9-24-15)19(23)16-10-13-6-3-4-7-14(13)25-16/h3-10,12H,11H2,1-2H3. The van der Waals surface area contributed by atoms with Crippen LogP contribution in [-0.2, 0) is 6.54 Å². The van der Waals surface area contributed by atoms with Crippen molar-refractivity contribution in [3.05, 3.63) is 60.4 Å². The monoisotopic (exact) mass is 351 g/mol. The first-order chi connectivity index (χ1) is 12.6. The van der Waals surface area contributed by atoms with E-state index in [2.05, 4.69) is 10.1 Å². The number of hydrogen-bond donors (Lipinski definition) is 0. The number of amides is 1. The van der Waals surface area contributed by atoms with E-state index in [-0.39, 0.29) is 24.3 Å². The third kappa shape index (κ3) is 2.99. The maximum atomic E-state index is 12.9. The molecule has 4 rings (SSSR count). The van der Waals surface area contributed by atoms with Crippen molar-refractivity contribution < 1.29 is 18.2 Å². The Labute approximate surface area is 149 Å². The average Bonchev–Trinajstić information content (AvgIpc) is 3.38. The molecule has 0 fully saturated rings. The van der Waals surface area contributed by atoms with Crippen LogP contribution < -0.4 is 0 Å². The number of carbonyl (C=O) groups is 1. The second kappa shape index (κ2) is 6.51. The van der Waals surface area contributed by atoms with Gasteiger partial charge in [-0.2, -0.15) is 4.98 Å². The number of para-hydroxylation sites is 1. The third-order valence-electron chi connectivity index (χ3n) is 4.04. The molecule has 7 heteroatoms. The predicted octanol–water partition coefficient (Wildman–Crippen LogP) is 4.13. The molecule has 0 saturated carbocycles. The lowest BCUT2D eigenvalue weighted by Gasteiger charge is -2.23. The number of furan rings is 2. The van der Waals surface area contributed by atoms with E-state index >= 15 is 0 Å². The molecule has 0 spiro atoms. The van der Waals surface area contributed by atoms with Crippen LogP contribution in [0.2, 0.25) is 0 Å². The van der Waals surface area contributed by atoms with E-state index in [1.54, 1.807) is 23.1 Å². The number of nitrogens with zero attached hydrogens (tertiary/aromatic N) is 3. The molecular formula is C19H17N3O4. The van der Waals surface area contributed by atoms with Crippen LogP contribution in [0.5, 0.6) is 0 Å². The zero-order valence-corrected chi connectivity index (χ0v) is 14.4. The number of fused-ring (bicyclic) bond motifs is 1. The quantitative estimate of drug-likeness (QED) is 0.537. The van der Waals surface area contributed by atoms with Gasteiger partial charge in [0.1, 0.15) is 12.1 Å². The molecule has 26 heavy (non-hydrogen) atoms. The Morgan fingerprint density at radius 1 is 1.19 bits per heavy atom. The lowest BCUT2D eigenvalue weighted by Crippen LogP contribution is -2.36. The van der Waals surface area contributed by atoms with E-state index in [0.29, 0.717) is 23.1 Å². The summed E-state index contributed by atoms with van der Waals surface area (Å²) >= 11 is 0. The molecule has 132 valence electrons. The number of hydrogen-bond acceptors (Lipinski definition) is 6. The van der Waals surface area contributed by atoms with E-state index in [9.17, 15) is 4.79 Å². The summed E-state index contributed by atoms with van der Waals surface area (Å²) in [6.07, 6.45) is 1.54. The van der Waals surface area contributed by atoms with Crippen LogP contribution >= 0.6 is 0 Å². The summed E-state index contributed by atoms with van der Waals surface area (Å²) in [7, 11) is 0. The zero-order valence-electron chi connectivity index (χ0n) is 14.4. The molecule has 0 bridgehead atoms. The van der Waals surface area contributed by atoms with Crippen LogP contribution in [0.15, 0.2) is 62.1 Å². The van der Waals surface area contributed by atoms with Gasteiger partial charge in [0.05, 0.1) is 6.26 Å². The first-order valence-corrected chi connectivity index (χ1v) is 8.28. The van der Waals surface area contributed by atoms with Crippen molar-refractivity contribution in [1.29, 1.82) is 0 Å². The molecule has 1 aromatic carbocycles. The number of carbonyl (C=O) groups excluding carboxylic acids is 1. The fourth-order valence-electron chi connectivity index (χ4n) is 2.69. The predicted molar refractivity (Wildman–Crippen MR) is 93.2 cm³/mol.